The molecule has 0 spiro atoms. The normalized spacial score (nSPS) is 10.2. The fraction of sp³-hybridized carbons (Fsp3) is 0.231. The average molecular weight is 230 g/mol. The van der Waals surface area contributed by atoms with Crippen LogP contribution < -0.4 is 10.3 Å². The van der Waals surface area contributed by atoms with Crippen LogP contribution in [0, 0.1) is 6.92 Å². The van der Waals surface area contributed by atoms with Gasteiger partial charge >= 0.3 is 0 Å². The minimum Gasteiger partial charge on any atom is -0.481 e. The summed E-state index contributed by atoms with van der Waals surface area (Å²) in [4.78, 5) is 15.8. The van der Waals surface area contributed by atoms with E-state index in [2.05, 4.69) is 4.98 Å². The van der Waals surface area contributed by atoms with Crippen molar-refractivity contribution in [2.45, 2.75) is 13.5 Å². The molecule has 0 aromatic carbocycles. The number of methoxy groups -OCH3 is 1. The molecule has 0 unspecified atom stereocenters. The highest BCUT2D eigenvalue weighted by Crippen LogP contribution is 2.14. The lowest BCUT2D eigenvalue weighted by atomic mass is 10.2. The van der Waals surface area contributed by atoms with Crippen LogP contribution in [0.3, 0.4) is 0 Å². The van der Waals surface area contributed by atoms with E-state index in [-0.39, 0.29) is 5.56 Å². The van der Waals surface area contributed by atoms with Crippen LogP contribution in [0.4, 0.5) is 0 Å². The number of ether oxygens (including phenoxy) is 1. The lowest BCUT2D eigenvalue weighted by Gasteiger charge is -2.09. The second kappa shape index (κ2) is 4.82. The molecule has 0 aliphatic heterocycles. The Balaban J connectivity index is 2.35. The summed E-state index contributed by atoms with van der Waals surface area (Å²) in [6, 6.07) is 7.25. The van der Waals surface area contributed by atoms with E-state index in [0.717, 1.165) is 11.1 Å². The molecule has 0 aliphatic rings. The largest absolute Gasteiger partial charge is 0.481 e. The summed E-state index contributed by atoms with van der Waals surface area (Å²) in [7, 11) is 1.57. The fourth-order valence-corrected chi connectivity index (χ4v) is 1.65. The van der Waals surface area contributed by atoms with E-state index in [9.17, 15) is 4.79 Å². The van der Waals surface area contributed by atoms with Crippen molar-refractivity contribution >= 4 is 0 Å². The Labute approximate surface area is 99.5 Å². The molecule has 88 valence electrons. The van der Waals surface area contributed by atoms with Crippen LogP contribution in [-0.2, 0) is 6.54 Å². The van der Waals surface area contributed by atoms with Crippen molar-refractivity contribution in [3.05, 3.63) is 58.1 Å². The molecule has 4 heteroatoms. The van der Waals surface area contributed by atoms with Gasteiger partial charge in [-0.2, -0.15) is 0 Å². The monoisotopic (exact) mass is 230 g/mol. The standard InChI is InChI=1S/C13H14N2O2/c1-10-5-7-15(12(16)8-10)9-11-4-3-6-14-13(11)17-2/h3-8H,9H2,1-2H3. The van der Waals surface area contributed by atoms with Gasteiger partial charge in [-0.25, -0.2) is 4.98 Å². The van der Waals surface area contributed by atoms with E-state index in [1.54, 1.807) is 30.1 Å². The van der Waals surface area contributed by atoms with Crippen LogP contribution in [0.1, 0.15) is 11.1 Å². The Kier molecular flexibility index (Phi) is 3.23. The number of aryl methyl sites for hydroxylation is 1. The summed E-state index contributed by atoms with van der Waals surface area (Å²) in [5.74, 6) is 0.556. The van der Waals surface area contributed by atoms with E-state index in [0.29, 0.717) is 12.4 Å². The van der Waals surface area contributed by atoms with Gasteiger partial charge < -0.3 is 9.30 Å². The Morgan fingerprint density at radius 2 is 2.24 bits per heavy atom. The quantitative estimate of drug-likeness (QED) is 0.804. The number of aromatic nitrogens is 2. The molecule has 0 amide bonds. The zero-order valence-corrected chi connectivity index (χ0v) is 9.88. The zero-order chi connectivity index (χ0) is 12.3. The minimum absolute atomic E-state index is 0.0177. The minimum atomic E-state index is -0.0177. The highest BCUT2D eigenvalue weighted by atomic mass is 16.5. The number of pyridine rings is 2. The lowest BCUT2D eigenvalue weighted by molar-refractivity contribution is 0.391. The van der Waals surface area contributed by atoms with Gasteiger partial charge in [-0.15, -0.1) is 0 Å². The third kappa shape index (κ3) is 2.53. The van der Waals surface area contributed by atoms with E-state index in [1.165, 1.54) is 0 Å². The van der Waals surface area contributed by atoms with Gasteiger partial charge in [-0.1, -0.05) is 6.07 Å². The Bertz CT molecular complexity index is 576. The van der Waals surface area contributed by atoms with Gasteiger partial charge in [0.15, 0.2) is 0 Å². The van der Waals surface area contributed by atoms with Gasteiger partial charge in [0.1, 0.15) is 0 Å². The molecule has 0 bridgehead atoms. The Hall–Kier alpha value is -2.10. The van der Waals surface area contributed by atoms with E-state index in [4.69, 9.17) is 4.74 Å². The van der Waals surface area contributed by atoms with Gasteiger partial charge in [0.2, 0.25) is 5.88 Å². The fourth-order valence-electron chi connectivity index (χ4n) is 1.65. The van der Waals surface area contributed by atoms with Crippen molar-refractivity contribution < 1.29 is 4.74 Å². The van der Waals surface area contributed by atoms with Crippen molar-refractivity contribution in [2.24, 2.45) is 0 Å². The van der Waals surface area contributed by atoms with Crippen LogP contribution in [-0.4, -0.2) is 16.7 Å². The smallest absolute Gasteiger partial charge is 0.251 e. The second-order valence-electron chi connectivity index (χ2n) is 3.84. The number of rotatable bonds is 3. The van der Waals surface area contributed by atoms with Gasteiger partial charge in [-0.3, -0.25) is 4.79 Å². The lowest BCUT2D eigenvalue weighted by Crippen LogP contribution is -2.19. The molecule has 2 rings (SSSR count). The summed E-state index contributed by atoms with van der Waals surface area (Å²) in [6.07, 6.45) is 3.45. The van der Waals surface area contributed by atoms with Gasteiger partial charge in [-0.05, 0) is 24.6 Å². The Morgan fingerprint density at radius 3 is 2.94 bits per heavy atom. The predicted octanol–water partition coefficient (Wildman–Crippen LogP) is 1.61. The van der Waals surface area contributed by atoms with Crippen molar-refractivity contribution in [1.29, 1.82) is 0 Å². The maximum absolute atomic E-state index is 11.7. The number of nitrogens with zero attached hydrogens (tertiary/aromatic N) is 2. The van der Waals surface area contributed by atoms with Crippen LogP contribution in [0.2, 0.25) is 0 Å². The first-order chi connectivity index (χ1) is 8.20. The molecule has 2 heterocycles. The molecule has 0 saturated carbocycles. The summed E-state index contributed by atoms with van der Waals surface area (Å²) >= 11 is 0. The number of hydrogen-bond donors (Lipinski definition) is 0. The molecule has 17 heavy (non-hydrogen) atoms. The first-order valence-electron chi connectivity index (χ1n) is 5.35. The maximum atomic E-state index is 11.7. The van der Waals surface area contributed by atoms with Crippen molar-refractivity contribution in [2.75, 3.05) is 7.11 Å². The molecule has 0 aliphatic carbocycles. The van der Waals surface area contributed by atoms with E-state index >= 15 is 0 Å². The third-order valence-corrected chi connectivity index (χ3v) is 2.54. The zero-order valence-electron chi connectivity index (χ0n) is 9.88. The molecule has 0 radical (unpaired) electrons. The molecule has 0 atom stereocenters. The molecule has 0 fully saturated rings. The topological polar surface area (TPSA) is 44.1 Å². The molecule has 0 N–H and O–H groups in total. The van der Waals surface area contributed by atoms with Crippen molar-refractivity contribution in [1.82, 2.24) is 9.55 Å². The van der Waals surface area contributed by atoms with Crippen molar-refractivity contribution in [3.8, 4) is 5.88 Å². The summed E-state index contributed by atoms with van der Waals surface area (Å²) < 4.78 is 6.79. The Morgan fingerprint density at radius 1 is 1.41 bits per heavy atom. The van der Waals surface area contributed by atoms with Gasteiger partial charge in [0, 0.05) is 24.0 Å². The summed E-state index contributed by atoms with van der Waals surface area (Å²) in [5.41, 5.74) is 1.83. The van der Waals surface area contributed by atoms with Gasteiger partial charge in [0.25, 0.3) is 5.56 Å². The van der Waals surface area contributed by atoms with Gasteiger partial charge in [0.05, 0.1) is 13.7 Å². The predicted molar refractivity (Wildman–Crippen MR) is 65.3 cm³/mol. The molecule has 2 aromatic rings. The molecule has 0 saturated heterocycles. The van der Waals surface area contributed by atoms with Crippen molar-refractivity contribution in [3.63, 3.8) is 0 Å². The average Bonchev–Trinajstić information content (AvgIpc) is 2.33. The van der Waals surface area contributed by atoms with Crippen LogP contribution >= 0.6 is 0 Å². The second-order valence-corrected chi connectivity index (χ2v) is 3.84. The van der Waals surface area contributed by atoms with Crippen LogP contribution in [0.5, 0.6) is 5.88 Å². The molecular weight excluding hydrogens is 216 g/mol. The SMILES string of the molecule is COc1ncccc1Cn1ccc(C)cc1=O. The molecule has 4 nitrogen and oxygen atoms in total. The van der Waals surface area contributed by atoms with Crippen LogP contribution in [0.15, 0.2) is 41.5 Å². The highest BCUT2D eigenvalue weighted by molar-refractivity contribution is 5.25. The first kappa shape index (κ1) is 11.4. The van der Waals surface area contributed by atoms with E-state index in [1.807, 2.05) is 25.1 Å². The number of hydrogen-bond acceptors (Lipinski definition) is 3. The summed E-state index contributed by atoms with van der Waals surface area (Å²) in [5, 5.41) is 0. The third-order valence-electron chi connectivity index (χ3n) is 2.54. The molecule has 2 aromatic heterocycles. The van der Waals surface area contributed by atoms with E-state index < -0.39 is 0 Å². The first-order valence-corrected chi connectivity index (χ1v) is 5.35. The molecular formula is C13H14N2O2. The highest BCUT2D eigenvalue weighted by Gasteiger charge is 2.04. The van der Waals surface area contributed by atoms with Crippen LogP contribution in [0.25, 0.3) is 0 Å². The summed E-state index contributed by atoms with van der Waals surface area (Å²) in [6.45, 7) is 2.37. The maximum Gasteiger partial charge on any atom is 0.251 e.